The number of nitrogens with two attached hydrogens (primary N) is 1. The maximum atomic E-state index is 10.3. The van der Waals surface area contributed by atoms with Crippen LogP contribution in [-0.4, -0.2) is 31.2 Å². The van der Waals surface area contributed by atoms with Gasteiger partial charge in [0.1, 0.15) is 5.44 Å². The Morgan fingerprint density at radius 3 is 3.18 bits per heavy atom. The quantitative estimate of drug-likeness (QED) is 0.485. The SMILES string of the molecule is NC(=O)NSC1CNCCO1. The molecule has 1 saturated heterocycles. The van der Waals surface area contributed by atoms with E-state index in [1.807, 2.05) is 0 Å². The number of nitrogens with one attached hydrogen (secondary N) is 2. The Kier molecular flexibility index (Phi) is 3.47. The predicted octanol–water partition coefficient (Wildman–Crippen LogP) is -0.751. The van der Waals surface area contributed by atoms with Gasteiger partial charge in [0.05, 0.1) is 6.61 Å². The first-order valence-electron chi connectivity index (χ1n) is 3.32. The number of primary amides is 1. The molecule has 6 heteroatoms. The maximum Gasteiger partial charge on any atom is 0.322 e. The molecular formula is C5H11N3O2S. The zero-order chi connectivity index (χ0) is 8.10. The van der Waals surface area contributed by atoms with Gasteiger partial charge >= 0.3 is 6.03 Å². The number of hydrogen-bond donors (Lipinski definition) is 3. The highest BCUT2D eigenvalue weighted by Gasteiger charge is 2.13. The summed E-state index contributed by atoms with van der Waals surface area (Å²) in [6.07, 6.45) is 0. The Hall–Kier alpha value is -0.460. The molecule has 1 aliphatic heterocycles. The van der Waals surface area contributed by atoms with E-state index in [9.17, 15) is 4.79 Å². The Morgan fingerprint density at radius 2 is 2.64 bits per heavy atom. The molecule has 5 nitrogen and oxygen atoms in total. The molecule has 0 saturated carbocycles. The Balaban J connectivity index is 2.09. The van der Waals surface area contributed by atoms with Crippen molar-refractivity contribution in [3.63, 3.8) is 0 Å². The van der Waals surface area contributed by atoms with E-state index in [0.29, 0.717) is 6.61 Å². The van der Waals surface area contributed by atoms with Gasteiger partial charge in [-0.15, -0.1) is 0 Å². The molecular weight excluding hydrogens is 166 g/mol. The van der Waals surface area contributed by atoms with Crippen LogP contribution in [0.25, 0.3) is 0 Å². The first-order chi connectivity index (χ1) is 5.29. The molecule has 0 radical (unpaired) electrons. The molecule has 1 unspecified atom stereocenters. The summed E-state index contributed by atoms with van der Waals surface area (Å²) in [6.45, 7) is 2.29. The van der Waals surface area contributed by atoms with Crippen LogP contribution in [0.15, 0.2) is 0 Å². The van der Waals surface area contributed by atoms with Crippen molar-refractivity contribution in [2.45, 2.75) is 5.44 Å². The molecule has 0 aromatic heterocycles. The molecule has 2 amide bonds. The highest BCUT2D eigenvalue weighted by molar-refractivity contribution is 7.98. The van der Waals surface area contributed by atoms with Crippen molar-refractivity contribution in [1.82, 2.24) is 10.0 Å². The van der Waals surface area contributed by atoms with Crippen LogP contribution in [-0.2, 0) is 4.74 Å². The van der Waals surface area contributed by atoms with E-state index in [1.165, 1.54) is 11.9 Å². The molecule has 0 spiro atoms. The molecule has 0 aromatic carbocycles. The zero-order valence-corrected chi connectivity index (χ0v) is 6.82. The number of morpholine rings is 1. The van der Waals surface area contributed by atoms with E-state index in [1.54, 1.807) is 0 Å². The van der Waals surface area contributed by atoms with Gasteiger partial charge in [0.25, 0.3) is 0 Å². The largest absolute Gasteiger partial charge is 0.363 e. The highest BCUT2D eigenvalue weighted by atomic mass is 32.2. The van der Waals surface area contributed by atoms with Gasteiger partial charge in [0, 0.05) is 13.1 Å². The van der Waals surface area contributed by atoms with E-state index in [4.69, 9.17) is 10.5 Å². The molecule has 1 fully saturated rings. The lowest BCUT2D eigenvalue weighted by Crippen LogP contribution is -2.39. The first kappa shape index (κ1) is 8.63. The average molecular weight is 177 g/mol. The molecule has 1 heterocycles. The third kappa shape index (κ3) is 3.45. The molecule has 1 aliphatic rings. The molecule has 1 rings (SSSR count). The van der Waals surface area contributed by atoms with Crippen molar-refractivity contribution in [2.75, 3.05) is 19.7 Å². The molecule has 4 N–H and O–H groups in total. The van der Waals surface area contributed by atoms with E-state index in [2.05, 4.69) is 10.0 Å². The number of urea groups is 1. The van der Waals surface area contributed by atoms with Crippen molar-refractivity contribution in [3.05, 3.63) is 0 Å². The number of ether oxygens (including phenoxy) is 1. The lowest BCUT2D eigenvalue weighted by molar-refractivity contribution is 0.0849. The predicted molar refractivity (Wildman–Crippen MR) is 42.9 cm³/mol. The summed E-state index contributed by atoms with van der Waals surface area (Å²) in [4.78, 5) is 10.3. The summed E-state index contributed by atoms with van der Waals surface area (Å²) in [5.74, 6) is 0. The van der Waals surface area contributed by atoms with Gasteiger partial charge in [-0.3, -0.25) is 4.72 Å². The van der Waals surface area contributed by atoms with E-state index < -0.39 is 6.03 Å². The topological polar surface area (TPSA) is 76.4 Å². The van der Waals surface area contributed by atoms with Gasteiger partial charge in [0.2, 0.25) is 0 Å². The van der Waals surface area contributed by atoms with Crippen LogP contribution in [0, 0.1) is 0 Å². The lowest BCUT2D eigenvalue weighted by atomic mass is 10.5. The van der Waals surface area contributed by atoms with Crippen molar-refractivity contribution in [3.8, 4) is 0 Å². The van der Waals surface area contributed by atoms with Gasteiger partial charge in [0.15, 0.2) is 0 Å². The third-order valence-electron chi connectivity index (χ3n) is 1.18. The minimum atomic E-state index is -0.538. The monoisotopic (exact) mass is 177 g/mol. The normalized spacial score (nSPS) is 24.5. The fourth-order valence-electron chi connectivity index (χ4n) is 0.741. The molecule has 64 valence electrons. The van der Waals surface area contributed by atoms with Crippen LogP contribution < -0.4 is 15.8 Å². The summed E-state index contributed by atoms with van der Waals surface area (Å²) in [5, 5.41) is 3.12. The first-order valence-corrected chi connectivity index (χ1v) is 4.20. The van der Waals surface area contributed by atoms with Gasteiger partial charge in [-0.2, -0.15) is 0 Å². The third-order valence-corrected chi connectivity index (χ3v) is 2.07. The highest BCUT2D eigenvalue weighted by Crippen LogP contribution is 2.08. The average Bonchev–Trinajstić information content (AvgIpc) is 2.03. The van der Waals surface area contributed by atoms with E-state index in [-0.39, 0.29) is 5.44 Å². The van der Waals surface area contributed by atoms with Crippen molar-refractivity contribution >= 4 is 18.0 Å². The summed E-state index contributed by atoms with van der Waals surface area (Å²) < 4.78 is 7.66. The van der Waals surface area contributed by atoms with Crippen molar-refractivity contribution in [1.29, 1.82) is 0 Å². The summed E-state index contributed by atoms with van der Waals surface area (Å²) in [6, 6.07) is -0.538. The van der Waals surface area contributed by atoms with E-state index >= 15 is 0 Å². The summed E-state index contributed by atoms with van der Waals surface area (Å²) in [7, 11) is 0. The van der Waals surface area contributed by atoms with Crippen molar-refractivity contribution < 1.29 is 9.53 Å². The smallest absolute Gasteiger partial charge is 0.322 e. The zero-order valence-electron chi connectivity index (χ0n) is 6.00. The Labute approximate surface area is 69.2 Å². The minimum Gasteiger partial charge on any atom is -0.363 e. The number of carbonyl (C=O) groups excluding carboxylic acids is 1. The molecule has 0 aliphatic carbocycles. The molecule has 0 bridgehead atoms. The number of amides is 2. The fraction of sp³-hybridized carbons (Fsp3) is 0.800. The lowest BCUT2D eigenvalue weighted by Gasteiger charge is -2.22. The number of hydrogen-bond acceptors (Lipinski definition) is 4. The van der Waals surface area contributed by atoms with Gasteiger partial charge in [-0.05, 0) is 11.9 Å². The van der Waals surface area contributed by atoms with Crippen LogP contribution in [0.4, 0.5) is 4.79 Å². The second-order valence-electron chi connectivity index (χ2n) is 2.09. The molecule has 0 aromatic rings. The van der Waals surface area contributed by atoms with Gasteiger partial charge in [-0.1, -0.05) is 0 Å². The Morgan fingerprint density at radius 1 is 1.82 bits per heavy atom. The van der Waals surface area contributed by atoms with Gasteiger partial charge in [-0.25, -0.2) is 4.79 Å². The Bertz CT molecular complexity index is 138. The van der Waals surface area contributed by atoms with Gasteiger partial charge < -0.3 is 15.8 Å². The maximum absolute atomic E-state index is 10.3. The van der Waals surface area contributed by atoms with Crippen LogP contribution in [0.3, 0.4) is 0 Å². The number of carbonyl (C=O) groups is 1. The van der Waals surface area contributed by atoms with Crippen molar-refractivity contribution in [2.24, 2.45) is 5.73 Å². The van der Waals surface area contributed by atoms with Crippen LogP contribution >= 0.6 is 11.9 Å². The molecule has 11 heavy (non-hydrogen) atoms. The second-order valence-corrected chi connectivity index (χ2v) is 3.05. The fourth-order valence-corrected chi connectivity index (χ4v) is 1.35. The van der Waals surface area contributed by atoms with Crippen LogP contribution in [0.1, 0.15) is 0 Å². The number of rotatable bonds is 2. The van der Waals surface area contributed by atoms with E-state index in [0.717, 1.165) is 13.1 Å². The standard InChI is InChI=1S/C5H11N3O2S/c6-5(9)8-11-4-3-7-1-2-10-4/h4,7H,1-3H2,(H3,6,8,9). The van der Waals surface area contributed by atoms with Crippen LogP contribution in [0.5, 0.6) is 0 Å². The summed E-state index contributed by atoms with van der Waals surface area (Å²) in [5.41, 5.74) is 4.85. The van der Waals surface area contributed by atoms with Crippen LogP contribution in [0.2, 0.25) is 0 Å². The molecule has 1 atom stereocenters. The summed E-state index contributed by atoms with van der Waals surface area (Å²) >= 11 is 1.20. The second kappa shape index (κ2) is 4.42. The minimum absolute atomic E-state index is 0.0174.